The van der Waals surface area contributed by atoms with Crippen molar-refractivity contribution in [1.29, 1.82) is 0 Å². The third-order valence-electron chi connectivity index (χ3n) is 1.64. The standard InChI is InChI=1S/C8H8BrF2NO/c9-4-1-2-5(10)7(8(4)11)6(13)3-12/h1-2,6,13H,3,12H2. The lowest BCUT2D eigenvalue weighted by Crippen LogP contribution is -2.15. The Morgan fingerprint density at radius 1 is 1.46 bits per heavy atom. The molecule has 0 saturated carbocycles. The van der Waals surface area contributed by atoms with Crippen LogP contribution >= 0.6 is 15.9 Å². The summed E-state index contributed by atoms with van der Waals surface area (Å²) >= 11 is 2.88. The second-order valence-corrected chi connectivity index (χ2v) is 3.36. The van der Waals surface area contributed by atoms with Gasteiger partial charge in [-0.25, -0.2) is 8.78 Å². The van der Waals surface area contributed by atoms with Crippen LogP contribution in [0.25, 0.3) is 0 Å². The van der Waals surface area contributed by atoms with E-state index in [1.165, 1.54) is 6.07 Å². The molecule has 3 N–H and O–H groups in total. The molecule has 0 fully saturated rings. The Kier molecular flexibility index (Phi) is 3.35. The van der Waals surface area contributed by atoms with Crippen LogP contribution in [0, 0.1) is 11.6 Å². The van der Waals surface area contributed by atoms with Crippen molar-refractivity contribution < 1.29 is 13.9 Å². The molecule has 0 heterocycles. The monoisotopic (exact) mass is 251 g/mol. The molecule has 0 spiro atoms. The minimum absolute atomic E-state index is 0.108. The van der Waals surface area contributed by atoms with E-state index in [1.807, 2.05) is 0 Å². The number of aliphatic hydroxyl groups is 1. The van der Waals surface area contributed by atoms with E-state index in [0.29, 0.717) is 0 Å². The molecule has 0 radical (unpaired) electrons. The summed E-state index contributed by atoms with van der Waals surface area (Å²) < 4.78 is 26.3. The van der Waals surface area contributed by atoms with E-state index in [-0.39, 0.29) is 11.0 Å². The maximum absolute atomic E-state index is 13.2. The van der Waals surface area contributed by atoms with E-state index in [9.17, 15) is 13.9 Å². The van der Waals surface area contributed by atoms with Gasteiger partial charge in [-0.15, -0.1) is 0 Å². The van der Waals surface area contributed by atoms with E-state index in [2.05, 4.69) is 15.9 Å². The highest BCUT2D eigenvalue weighted by Crippen LogP contribution is 2.25. The first-order valence-electron chi connectivity index (χ1n) is 3.59. The Hall–Kier alpha value is -0.520. The second-order valence-electron chi connectivity index (χ2n) is 2.51. The molecule has 1 atom stereocenters. The highest BCUT2D eigenvalue weighted by atomic mass is 79.9. The summed E-state index contributed by atoms with van der Waals surface area (Å²) in [5.41, 5.74) is 4.70. The predicted molar refractivity (Wildman–Crippen MR) is 48.1 cm³/mol. The topological polar surface area (TPSA) is 46.2 Å². The van der Waals surface area contributed by atoms with Gasteiger partial charge in [0.1, 0.15) is 11.6 Å². The van der Waals surface area contributed by atoms with Crippen LogP contribution in [0.1, 0.15) is 11.7 Å². The van der Waals surface area contributed by atoms with Gasteiger partial charge in [0.05, 0.1) is 16.1 Å². The zero-order chi connectivity index (χ0) is 10.0. The van der Waals surface area contributed by atoms with E-state index in [1.54, 1.807) is 0 Å². The van der Waals surface area contributed by atoms with E-state index in [0.717, 1.165) is 6.07 Å². The van der Waals surface area contributed by atoms with Crippen molar-refractivity contribution in [2.45, 2.75) is 6.10 Å². The zero-order valence-corrected chi connectivity index (χ0v) is 8.18. The van der Waals surface area contributed by atoms with Crippen molar-refractivity contribution in [2.75, 3.05) is 6.54 Å². The van der Waals surface area contributed by atoms with Gasteiger partial charge in [0.15, 0.2) is 0 Å². The van der Waals surface area contributed by atoms with Crippen LogP contribution in [0.3, 0.4) is 0 Å². The Balaban J connectivity index is 3.25. The van der Waals surface area contributed by atoms with Crippen molar-refractivity contribution in [3.05, 3.63) is 33.8 Å². The molecule has 1 unspecified atom stereocenters. The van der Waals surface area contributed by atoms with Crippen molar-refractivity contribution in [2.24, 2.45) is 5.73 Å². The molecule has 72 valence electrons. The SMILES string of the molecule is NCC(O)c1c(F)ccc(Br)c1F. The molecule has 2 nitrogen and oxygen atoms in total. The van der Waals surface area contributed by atoms with E-state index < -0.39 is 23.3 Å². The molecule has 0 saturated heterocycles. The molecule has 5 heteroatoms. The lowest BCUT2D eigenvalue weighted by atomic mass is 10.1. The Bertz CT molecular complexity index is 319. The molecule has 0 aromatic heterocycles. The third kappa shape index (κ3) is 2.04. The second kappa shape index (κ2) is 4.13. The van der Waals surface area contributed by atoms with Gasteiger partial charge in [0.25, 0.3) is 0 Å². The van der Waals surface area contributed by atoms with Gasteiger partial charge in [-0.05, 0) is 28.1 Å². The number of rotatable bonds is 2. The van der Waals surface area contributed by atoms with Gasteiger partial charge in [-0.3, -0.25) is 0 Å². The lowest BCUT2D eigenvalue weighted by Gasteiger charge is -2.10. The summed E-state index contributed by atoms with van der Waals surface area (Å²) in [5, 5.41) is 9.19. The number of halogens is 3. The van der Waals surface area contributed by atoms with E-state index >= 15 is 0 Å². The maximum atomic E-state index is 13.2. The molecule has 1 rings (SSSR count). The largest absolute Gasteiger partial charge is 0.387 e. The zero-order valence-electron chi connectivity index (χ0n) is 6.60. The number of hydrogen-bond acceptors (Lipinski definition) is 2. The van der Waals surface area contributed by atoms with Crippen molar-refractivity contribution in [3.63, 3.8) is 0 Å². The minimum Gasteiger partial charge on any atom is -0.387 e. The number of nitrogens with two attached hydrogens (primary N) is 1. The summed E-state index contributed by atoms with van der Waals surface area (Å²) in [7, 11) is 0. The van der Waals surface area contributed by atoms with Gasteiger partial charge >= 0.3 is 0 Å². The van der Waals surface area contributed by atoms with Crippen molar-refractivity contribution >= 4 is 15.9 Å². The number of benzene rings is 1. The van der Waals surface area contributed by atoms with Crippen LogP contribution in [-0.2, 0) is 0 Å². The van der Waals surface area contributed by atoms with Gasteiger partial charge in [-0.2, -0.15) is 0 Å². The normalized spacial score (nSPS) is 13.0. The summed E-state index contributed by atoms with van der Waals surface area (Å²) in [4.78, 5) is 0. The summed E-state index contributed by atoms with van der Waals surface area (Å²) in [6, 6.07) is 2.30. The summed E-state index contributed by atoms with van der Waals surface area (Å²) in [5.74, 6) is -1.60. The van der Waals surface area contributed by atoms with Gasteiger partial charge in [0, 0.05) is 6.54 Å². The van der Waals surface area contributed by atoms with E-state index in [4.69, 9.17) is 5.73 Å². The number of hydrogen-bond donors (Lipinski definition) is 2. The smallest absolute Gasteiger partial charge is 0.146 e. The average molecular weight is 252 g/mol. The highest BCUT2D eigenvalue weighted by Gasteiger charge is 2.18. The quantitative estimate of drug-likeness (QED) is 0.787. The highest BCUT2D eigenvalue weighted by molar-refractivity contribution is 9.10. The Morgan fingerprint density at radius 2 is 2.08 bits per heavy atom. The molecule has 0 amide bonds. The van der Waals surface area contributed by atoms with Crippen molar-refractivity contribution in [3.8, 4) is 0 Å². The molecule has 1 aromatic rings. The van der Waals surface area contributed by atoms with Gasteiger partial charge in [-0.1, -0.05) is 0 Å². The third-order valence-corrected chi connectivity index (χ3v) is 2.25. The molecule has 0 aliphatic heterocycles. The molecular weight excluding hydrogens is 244 g/mol. The van der Waals surface area contributed by atoms with Crippen LogP contribution in [0.5, 0.6) is 0 Å². The Morgan fingerprint density at radius 3 is 2.62 bits per heavy atom. The predicted octanol–water partition coefficient (Wildman–Crippen LogP) is 1.72. The molecule has 0 bridgehead atoms. The number of aliphatic hydroxyl groups excluding tert-OH is 1. The first-order valence-corrected chi connectivity index (χ1v) is 4.38. The van der Waals surface area contributed by atoms with Crippen LogP contribution < -0.4 is 5.73 Å². The first kappa shape index (κ1) is 10.6. The van der Waals surface area contributed by atoms with Crippen LogP contribution in [0.4, 0.5) is 8.78 Å². The summed E-state index contributed by atoms with van der Waals surface area (Å²) in [6.45, 7) is -0.218. The lowest BCUT2D eigenvalue weighted by molar-refractivity contribution is 0.176. The fourth-order valence-electron chi connectivity index (χ4n) is 0.966. The molecule has 1 aromatic carbocycles. The summed E-state index contributed by atoms with van der Waals surface area (Å²) in [6.07, 6.45) is -1.31. The first-order chi connectivity index (χ1) is 6.07. The Labute approximate surface area is 82.5 Å². The molecule has 13 heavy (non-hydrogen) atoms. The van der Waals surface area contributed by atoms with Crippen LogP contribution in [0.2, 0.25) is 0 Å². The fraction of sp³-hybridized carbons (Fsp3) is 0.250. The van der Waals surface area contributed by atoms with Crippen LogP contribution in [-0.4, -0.2) is 11.7 Å². The fourth-order valence-corrected chi connectivity index (χ4v) is 1.31. The molecule has 0 aliphatic rings. The minimum atomic E-state index is -1.31. The van der Waals surface area contributed by atoms with Gasteiger partial charge in [0.2, 0.25) is 0 Å². The van der Waals surface area contributed by atoms with Crippen LogP contribution in [0.15, 0.2) is 16.6 Å². The molecule has 0 aliphatic carbocycles. The maximum Gasteiger partial charge on any atom is 0.146 e. The molecular formula is C8H8BrF2NO. The van der Waals surface area contributed by atoms with Gasteiger partial charge < -0.3 is 10.8 Å². The average Bonchev–Trinajstić information content (AvgIpc) is 2.12. The van der Waals surface area contributed by atoms with Crippen molar-refractivity contribution in [1.82, 2.24) is 0 Å².